The van der Waals surface area contributed by atoms with E-state index < -0.39 is 39.3 Å². The van der Waals surface area contributed by atoms with E-state index in [9.17, 15) is 36.0 Å². The van der Waals surface area contributed by atoms with Crippen LogP contribution in [0.25, 0.3) is 17.3 Å². The summed E-state index contributed by atoms with van der Waals surface area (Å²) in [6.45, 7) is -0.204. The van der Waals surface area contributed by atoms with Crippen molar-refractivity contribution in [1.82, 2.24) is 10.3 Å². The minimum Gasteiger partial charge on any atom is -0.348 e. The predicted octanol–water partition coefficient (Wildman–Crippen LogP) is 4.48. The van der Waals surface area contributed by atoms with Crippen molar-refractivity contribution in [2.24, 2.45) is 0 Å². The molecule has 186 valence electrons. The first-order valence-corrected chi connectivity index (χ1v) is 12.1. The van der Waals surface area contributed by atoms with Crippen molar-refractivity contribution in [3.8, 4) is 17.3 Å². The lowest BCUT2D eigenvalue weighted by Gasteiger charge is -2.11. The van der Waals surface area contributed by atoms with Gasteiger partial charge in [0.2, 0.25) is 15.9 Å². The molecule has 0 saturated carbocycles. The van der Waals surface area contributed by atoms with Gasteiger partial charge in [0, 0.05) is 23.7 Å². The SMILES string of the molecule is CS(=O)(=O)Nc1c(F)cc(CNC(=O)/C=C\c2ccc(C(F)(F)F)nc2-c2ccccc2)cc1C#N. The van der Waals surface area contributed by atoms with Crippen LogP contribution >= 0.6 is 0 Å². The highest BCUT2D eigenvalue weighted by Crippen LogP contribution is 2.31. The highest BCUT2D eigenvalue weighted by atomic mass is 32.2. The van der Waals surface area contributed by atoms with Crippen LogP contribution in [-0.2, 0) is 27.5 Å². The van der Waals surface area contributed by atoms with E-state index in [0.717, 1.165) is 24.5 Å². The molecular weight excluding hydrogens is 500 g/mol. The minimum atomic E-state index is -4.65. The number of rotatable bonds is 7. The Balaban J connectivity index is 1.80. The Morgan fingerprint density at radius 3 is 2.44 bits per heavy atom. The van der Waals surface area contributed by atoms with Crippen LogP contribution in [0.1, 0.15) is 22.4 Å². The van der Waals surface area contributed by atoms with E-state index in [1.54, 1.807) is 36.4 Å². The van der Waals surface area contributed by atoms with Gasteiger partial charge in [0.1, 0.15) is 23.3 Å². The molecule has 0 aliphatic heterocycles. The van der Waals surface area contributed by atoms with Gasteiger partial charge in [-0.05, 0) is 29.8 Å². The maximum absolute atomic E-state index is 14.4. The number of hydrogen-bond donors (Lipinski definition) is 2. The second-order valence-corrected chi connectivity index (χ2v) is 9.28. The molecule has 0 unspecified atom stereocenters. The Bertz CT molecular complexity index is 1470. The summed E-state index contributed by atoms with van der Waals surface area (Å²) in [6, 6.07) is 14.0. The van der Waals surface area contributed by atoms with Crippen molar-refractivity contribution < 1.29 is 30.8 Å². The van der Waals surface area contributed by atoms with Gasteiger partial charge in [-0.15, -0.1) is 0 Å². The van der Waals surface area contributed by atoms with Crippen LogP contribution in [0.2, 0.25) is 0 Å². The van der Waals surface area contributed by atoms with Gasteiger partial charge in [0.05, 0.1) is 17.5 Å². The number of nitriles is 1. The van der Waals surface area contributed by atoms with E-state index in [1.165, 1.54) is 18.2 Å². The van der Waals surface area contributed by atoms with Crippen molar-refractivity contribution in [3.05, 3.63) is 88.9 Å². The average Bonchev–Trinajstić information content (AvgIpc) is 2.82. The van der Waals surface area contributed by atoms with Gasteiger partial charge in [0.15, 0.2) is 0 Å². The number of alkyl halides is 3. The number of hydrogen-bond acceptors (Lipinski definition) is 5. The third-order valence-corrected chi connectivity index (χ3v) is 5.28. The molecule has 1 heterocycles. The maximum atomic E-state index is 14.4. The van der Waals surface area contributed by atoms with Crippen LogP contribution in [0, 0.1) is 17.1 Å². The van der Waals surface area contributed by atoms with Gasteiger partial charge in [-0.3, -0.25) is 9.52 Å². The molecule has 0 aliphatic rings. The standard InChI is InChI=1S/C24H18F4N4O3S/c1-36(34,35)32-23-18(13-29)11-15(12-19(23)25)14-30-21(33)10-8-17-7-9-20(24(26,27)28)31-22(17)16-5-3-2-4-6-16/h2-12,32H,14H2,1H3,(H,30,33)/b10-8-. The van der Waals surface area contributed by atoms with Gasteiger partial charge in [0.25, 0.3) is 0 Å². The van der Waals surface area contributed by atoms with E-state index >= 15 is 0 Å². The molecule has 36 heavy (non-hydrogen) atoms. The van der Waals surface area contributed by atoms with Crippen LogP contribution in [0.4, 0.5) is 23.2 Å². The average molecular weight is 518 g/mol. The Labute approximate surface area is 204 Å². The van der Waals surface area contributed by atoms with Crippen LogP contribution in [0.3, 0.4) is 0 Å². The molecule has 12 heteroatoms. The summed E-state index contributed by atoms with van der Waals surface area (Å²) in [4.78, 5) is 16.0. The molecule has 0 radical (unpaired) electrons. The number of carbonyl (C=O) groups excluding carboxylic acids is 1. The van der Waals surface area contributed by atoms with Gasteiger partial charge >= 0.3 is 6.18 Å². The van der Waals surface area contributed by atoms with Crippen LogP contribution in [0.15, 0.2) is 60.7 Å². The Morgan fingerprint density at radius 2 is 1.83 bits per heavy atom. The lowest BCUT2D eigenvalue weighted by molar-refractivity contribution is -0.141. The van der Waals surface area contributed by atoms with E-state index in [-0.39, 0.29) is 28.9 Å². The first-order valence-electron chi connectivity index (χ1n) is 10.2. The molecule has 1 amide bonds. The lowest BCUT2D eigenvalue weighted by Crippen LogP contribution is -2.21. The molecule has 0 fully saturated rings. The fourth-order valence-electron chi connectivity index (χ4n) is 3.15. The first kappa shape index (κ1) is 26.4. The van der Waals surface area contributed by atoms with E-state index in [4.69, 9.17) is 0 Å². The number of nitrogens with one attached hydrogen (secondary N) is 2. The monoisotopic (exact) mass is 518 g/mol. The van der Waals surface area contributed by atoms with Crippen molar-refractivity contribution in [2.45, 2.75) is 12.7 Å². The number of carbonyl (C=O) groups is 1. The number of amides is 1. The molecule has 7 nitrogen and oxygen atoms in total. The molecular formula is C24H18F4N4O3S. The van der Waals surface area contributed by atoms with Crippen LogP contribution in [-0.4, -0.2) is 25.6 Å². The van der Waals surface area contributed by atoms with Crippen molar-refractivity contribution in [1.29, 1.82) is 5.26 Å². The maximum Gasteiger partial charge on any atom is 0.433 e. The summed E-state index contributed by atoms with van der Waals surface area (Å²) >= 11 is 0. The third kappa shape index (κ3) is 6.89. The molecule has 0 spiro atoms. The molecule has 0 atom stereocenters. The number of anilines is 1. The molecule has 3 aromatic rings. The summed E-state index contributed by atoms with van der Waals surface area (Å²) in [5.74, 6) is -1.64. The topological polar surface area (TPSA) is 112 Å². The van der Waals surface area contributed by atoms with Crippen molar-refractivity contribution >= 4 is 27.7 Å². The Morgan fingerprint density at radius 1 is 1.14 bits per heavy atom. The van der Waals surface area contributed by atoms with Gasteiger partial charge in [-0.1, -0.05) is 36.4 Å². The van der Waals surface area contributed by atoms with E-state index in [2.05, 4.69) is 10.3 Å². The molecule has 1 aromatic heterocycles. The zero-order valence-electron chi connectivity index (χ0n) is 18.6. The third-order valence-electron chi connectivity index (χ3n) is 4.70. The van der Waals surface area contributed by atoms with Gasteiger partial charge in [-0.2, -0.15) is 18.4 Å². The molecule has 0 saturated heterocycles. The highest BCUT2D eigenvalue weighted by molar-refractivity contribution is 7.92. The first-order chi connectivity index (χ1) is 16.9. The number of nitrogens with zero attached hydrogens (tertiary/aromatic N) is 2. The molecule has 0 aliphatic carbocycles. The van der Waals surface area contributed by atoms with Crippen LogP contribution in [0.5, 0.6) is 0 Å². The fraction of sp³-hybridized carbons (Fsp3) is 0.125. The van der Waals surface area contributed by atoms with E-state index in [0.29, 0.717) is 5.56 Å². The summed E-state index contributed by atoms with van der Waals surface area (Å²) in [6.07, 6.45) is -1.46. The second kappa shape index (κ2) is 10.6. The lowest BCUT2D eigenvalue weighted by atomic mass is 10.0. The molecule has 2 N–H and O–H groups in total. The number of pyridine rings is 1. The second-order valence-electron chi connectivity index (χ2n) is 7.54. The zero-order valence-corrected chi connectivity index (χ0v) is 19.4. The highest BCUT2D eigenvalue weighted by Gasteiger charge is 2.33. The zero-order chi connectivity index (χ0) is 26.5. The predicted molar refractivity (Wildman–Crippen MR) is 125 cm³/mol. The summed E-state index contributed by atoms with van der Waals surface area (Å²) in [5, 5.41) is 11.7. The normalized spacial score (nSPS) is 11.8. The molecule has 0 bridgehead atoms. The number of aromatic nitrogens is 1. The fourth-order valence-corrected chi connectivity index (χ4v) is 3.72. The van der Waals surface area contributed by atoms with Crippen molar-refractivity contribution in [2.75, 3.05) is 11.0 Å². The van der Waals surface area contributed by atoms with Crippen LogP contribution < -0.4 is 10.0 Å². The summed E-state index contributed by atoms with van der Waals surface area (Å²) in [7, 11) is -3.83. The number of sulfonamides is 1. The Kier molecular flexibility index (Phi) is 7.74. The van der Waals surface area contributed by atoms with E-state index in [1.807, 2.05) is 4.72 Å². The van der Waals surface area contributed by atoms with Gasteiger partial charge < -0.3 is 5.32 Å². The molecule has 3 rings (SSSR count). The summed E-state index contributed by atoms with van der Waals surface area (Å²) < 4.78 is 78.5. The quantitative estimate of drug-likeness (QED) is 0.354. The molecule has 2 aromatic carbocycles. The van der Waals surface area contributed by atoms with Crippen molar-refractivity contribution in [3.63, 3.8) is 0 Å². The number of benzene rings is 2. The minimum absolute atomic E-state index is 0.0316. The Hall–Kier alpha value is -4.24. The largest absolute Gasteiger partial charge is 0.433 e. The van der Waals surface area contributed by atoms with Gasteiger partial charge in [-0.25, -0.2) is 17.8 Å². The smallest absolute Gasteiger partial charge is 0.348 e. The number of halogens is 4. The summed E-state index contributed by atoms with van der Waals surface area (Å²) in [5.41, 5.74) is -0.951.